The van der Waals surface area contributed by atoms with Crippen LogP contribution in [0.4, 0.5) is 0 Å². The number of esters is 1. The van der Waals surface area contributed by atoms with Gasteiger partial charge >= 0.3 is 5.97 Å². The van der Waals surface area contributed by atoms with Gasteiger partial charge in [0.2, 0.25) is 0 Å². The first-order valence-electron chi connectivity index (χ1n) is 13.0. The molecule has 3 heterocycles. The predicted molar refractivity (Wildman–Crippen MR) is 144 cm³/mol. The van der Waals surface area contributed by atoms with Crippen molar-refractivity contribution >= 4 is 45.0 Å². The molecule has 3 aromatic rings. The van der Waals surface area contributed by atoms with Crippen LogP contribution in [-0.2, 0) is 11.2 Å². The molecule has 9 nitrogen and oxygen atoms in total. The number of rotatable bonds is 9. The summed E-state index contributed by atoms with van der Waals surface area (Å²) in [6.07, 6.45) is 6.26. The minimum atomic E-state index is -0.318. The molecule has 2 aliphatic rings. The fraction of sp³-hybridized carbons (Fsp3) is 0.538. The lowest BCUT2D eigenvalue weighted by molar-refractivity contribution is 0.0428. The van der Waals surface area contributed by atoms with Crippen molar-refractivity contribution in [1.29, 1.82) is 0 Å². The van der Waals surface area contributed by atoms with E-state index in [1.165, 1.54) is 24.2 Å². The summed E-state index contributed by atoms with van der Waals surface area (Å²) in [6.45, 7) is 4.49. The first-order valence-corrected chi connectivity index (χ1v) is 14.3. The second kappa shape index (κ2) is 11.9. The van der Waals surface area contributed by atoms with Gasteiger partial charge in [-0.3, -0.25) is 9.69 Å². The smallest absolute Gasteiger partial charge is 0.339 e. The van der Waals surface area contributed by atoms with E-state index in [9.17, 15) is 9.59 Å². The lowest BCUT2D eigenvalue weighted by Gasteiger charge is -2.40. The van der Waals surface area contributed by atoms with E-state index in [0.29, 0.717) is 36.3 Å². The highest BCUT2D eigenvalue weighted by atomic mass is 35.5. The summed E-state index contributed by atoms with van der Waals surface area (Å²) in [5.74, 6) is -0.294. The fourth-order valence-corrected chi connectivity index (χ4v) is 6.38. The van der Waals surface area contributed by atoms with Gasteiger partial charge in [-0.05, 0) is 37.8 Å². The normalized spacial score (nSPS) is 20.9. The lowest BCUT2D eigenvalue weighted by Crippen LogP contribution is -2.61. The SMILES string of the molecule is CCc1[nH]c(C(=O)NC2CCN(CCOC(=O)c3cccc4ncsc34)CC2NC2CCCC2)nc1Cl. The van der Waals surface area contributed by atoms with Crippen LogP contribution in [0.25, 0.3) is 10.2 Å². The molecule has 1 aromatic carbocycles. The number of halogens is 1. The number of amides is 1. The molecule has 1 aliphatic heterocycles. The Bertz CT molecular complexity index is 1240. The molecule has 37 heavy (non-hydrogen) atoms. The number of aromatic amines is 1. The summed E-state index contributed by atoms with van der Waals surface area (Å²) >= 11 is 7.59. The number of ether oxygens (including phenoxy) is 1. The highest BCUT2D eigenvalue weighted by molar-refractivity contribution is 7.17. The molecule has 2 atom stereocenters. The van der Waals surface area contributed by atoms with E-state index in [0.717, 1.165) is 48.3 Å². The van der Waals surface area contributed by atoms with Crippen LogP contribution in [0.5, 0.6) is 0 Å². The minimum absolute atomic E-state index is 0.0233. The summed E-state index contributed by atoms with van der Waals surface area (Å²) in [7, 11) is 0. The number of nitrogens with zero attached hydrogens (tertiary/aromatic N) is 3. The zero-order valence-electron chi connectivity index (χ0n) is 21.0. The number of nitrogens with one attached hydrogen (secondary N) is 3. The molecule has 2 unspecified atom stereocenters. The third-order valence-corrected chi connectivity index (χ3v) is 8.52. The van der Waals surface area contributed by atoms with Gasteiger partial charge in [0.05, 0.1) is 27.0 Å². The number of H-pyrrole nitrogens is 1. The summed E-state index contributed by atoms with van der Waals surface area (Å²) < 4.78 is 6.49. The number of carbonyl (C=O) groups is 2. The first-order chi connectivity index (χ1) is 18.0. The van der Waals surface area contributed by atoms with Crippen molar-refractivity contribution in [3.05, 3.63) is 45.9 Å². The van der Waals surface area contributed by atoms with Gasteiger partial charge in [0.15, 0.2) is 11.0 Å². The van der Waals surface area contributed by atoms with Crippen LogP contribution in [0.3, 0.4) is 0 Å². The largest absolute Gasteiger partial charge is 0.461 e. The number of likely N-dealkylation sites (tertiary alicyclic amines) is 1. The van der Waals surface area contributed by atoms with Crippen molar-refractivity contribution < 1.29 is 14.3 Å². The predicted octanol–water partition coefficient (Wildman–Crippen LogP) is 3.80. The van der Waals surface area contributed by atoms with E-state index in [4.69, 9.17) is 16.3 Å². The molecular formula is C26H33ClN6O3S. The number of thiazole rings is 1. The highest BCUT2D eigenvalue weighted by Gasteiger charge is 2.33. The molecular weight excluding hydrogens is 512 g/mol. The van der Waals surface area contributed by atoms with Crippen LogP contribution in [-0.4, -0.2) is 76.1 Å². The molecule has 3 N–H and O–H groups in total. The van der Waals surface area contributed by atoms with Crippen LogP contribution in [0.2, 0.25) is 5.15 Å². The number of hydrogen-bond acceptors (Lipinski definition) is 8. The van der Waals surface area contributed by atoms with Crippen LogP contribution in [0.1, 0.15) is 65.7 Å². The Morgan fingerprint density at radius 3 is 2.86 bits per heavy atom. The summed E-state index contributed by atoms with van der Waals surface area (Å²) in [5, 5.41) is 7.33. The van der Waals surface area contributed by atoms with Gasteiger partial charge in [0, 0.05) is 37.8 Å². The third kappa shape index (κ3) is 6.14. The van der Waals surface area contributed by atoms with Crippen molar-refractivity contribution in [2.24, 2.45) is 0 Å². The molecule has 1 saturated carbocycles. The van der Waals surface area contributed by atoms with E-state index in [2.05, 4.69) is 30.5 Å². The highest BCUT2D eigenvalue weighted by Crippen LogP contribution is 2.24. The van der Waals surface area contributed by atoms with Crippen molar-refractivity contribution in [3.63, 3.8) is 0 Å². The van der Waals surface area contributed by atoms with E-state index in [-0.39, 0.29) is 29.8 Å². The Balaban J connectivity index is 1.18. The van der Waals surface area contributed by atoms with Gasteiger partial charge in [-0.1, -0.05) is 37.4 Å². The van der Waals surface area contributed by atoms with E-state index in [1.54, 1.807) is 11.6 Å². The topological polar surface area (TPSA) is 112 Å². The van der Waals surface area contributed by atoms with Gasteiger partial charge in [-0.25, -0.2) is 14.8 Å². The summed E-state index contributed by atoms with van der Waals surface area (Å²) in [6, 6.07) is 6.05. The molecule has 0 bridgehead atoms. The van der Waals surface area contributed by atoms with Crippen LogP contribution < -0.4 is 10.6 Å². The average molecular weight is 545 g/mol. The quantitative estimate of drug-likeness (QED) is 0.351. The molecule has 11 heteroatoms. The van der Waals surface area contributed by atoms with Gasteiger partial charge < -0.3 is 20.4 Å². The summed E-state index contributed by atoms with van der Waals surface area (Å²) in [5.41, 5.74) is 3.88. The Morgan fingerprint density at radius 1 is 1.24 bits per heavy atom. The minimum Gasteiger partial charge on any atom is -0.461 e. The van der Waals surface area contributed by atoms with Crippen molar-refractivity contribution in [3.8, 4) is 0 Å². The number of fused-ring (bicyclic) bond motifs is 1. The lowest BCUT2D eigenvalue weighted by atomic mass is 9.97. The Labute approximate surface area is 225 Å². The molecule has 2 aromatic heterocycles. The number of piperidine rings is 1. The molecule has 5 rings (SSSR count). The molecule has 1 amide bonds. The Morgan fingerprint density at radius 2 is 2.08 bits per heavy atom. The van der Waals surface area contributed by atoms with Crippen LogP contribution in [0, 0.1) is 0 Å². The molecule has 198 valence electrons. The maximum absolute atomic E-state index is 12.9. The zero-order valence-corrected chi connectivity index (χ0v) is 22.5. The molecule has 0 spiro atoms. The molecule has 2 fully saturated rings. The molecule has 1 aliphatic carbocycles. The van der Waals surface area contributed by atoms with Crippen molar-refractivity contribution in [1.82, 2.24) is 30.5 Å². The fourth-order valence-electron chi connectivity index (χ4n) is 5.32. The van der Waals surface area contributed by atoms with Crippen molar-refractivity contribution in [2.45, 2.75) is 63.6 Å². The zero-order chi connectivity index (χ0) is 25.8. The number of aryl methyl sites for hydroxylation is 1. The number of carbonyl (C=O) groups excluding carboxylic acids is 2. The van der Waals surface area contributed by atoms with Crippen molar-refractivity contribution in [2.75, 3.05) is 26.2 Å². The number of hydrogen-bond donors (Lipinski definition) is 3. The monoisotopic (exact) mass is 544 g/mol. The Kier molecular flexibility index (Phi) is 8.39. The van der Waals surface area contributed by atoms with Gasteiger partial charge in [0.1, 0.15) is 6.61 Å². The Hall–Kier alpha value is -2.53. The van der Waals surface area contributed by atoms with Gasteiger partial charge in [-0.15, -0.1) is 11.3 Å². The summed E-state index contributed by atoms with van der Waals surface area (Å²) in [4.78, 5) is 39.5. The van der Waals surface area contributed by atoms with Crippen LogP contribution in [0.15, 0.2) is 23.7 Å². The van der Waals surface area contributed by atoms with Gasteiger partial charge in [-0.2, -0.15) is 0 Å². The van der Waals surface area contributed by atoms with Crippen LogP contribution >= 0.6 is 22.9 Å². The standard InChI is InChI=1S/C26H33ClN6O3S/c1-2-18-23(27)32-24(30-18)25(34)31-19-10-11-33(14-21(19)29-16-6-3-4-7-16)12-13-36-26(35)17-8-5-9-20-22(17)37-15-28-20/h5,8-9,15-16,19,21,29H,2-4,6-7,10-14H2,1H3,(H,30,32)(H,31,34). The second-order valence-corrected chi connectivity index (χ2v) is 11.0. The molecule has 0 radical (unpaired) electrons. The second-order valence-electron chi connectivity index (χ2n) is 9.77. The third-order valence-electron chi connectivity index (χ3n) is 7.33. The first kappa shape index (κ1) is 26.1. The van der Waals surface area contributed by atoms with E-state index >= 15 is 0 Å². The van der Waals surface area contributed by atoms with Gasteiger partial charge in [0.25, 0.3) is 5.91 Å². The van der Waals surface area contributed by atoms with E-state index in [1.807, 2.05) is 19.1 Å². The number of benzene rings is 1. The maximum Gasteiger partial charge on any atom is 0.339 e. The average Bonchev–Trinajstić information content (AvgIpc) is 3.66. The molecule has 1 saturated heterocycles. The number of aromatic nitrogens is 3. The number of imidazole rings is 1. The maximum atomic E-state index is 12.9. The van der Waals surface area contributed by atoms with E-state index < -0.39 is 0 Å².